The summed E-state index contributed by atoms with van der Waals surface area (Å²) in [5.41, 5.74) is 2.02. The number of nitrogens with two attached hydrogens (primary N) is 1. The standard InChI is InChI=1S/C7H8F3NOS/c8-7(9,10)6(12,4-11)5-2-1-3-13-5/h1-3,12H,4,11H2. The van der Waals surface area contributed by atoms with Crippen LogP contribution in [0.5, 0.6) is 0 Å². The van der Waals surface area contributed by atoms with Gasteiger partial charge in [0.25, 0.3) is 0 Å². The fourth-order valence-electron chi connectivity index (χ4n) is 0.870. The summed E-state index contributed by atoms with van der Waals surface area (Å²) < 4.78 is 37.0. The van der Waals surface area contributed by atoms with Gasteiger partial charge in [0, 0.05) is 11.4 Å². The topological polar surface area (TPSA) is 46.2 Å². The Labute approximate surface area is 76.8 Å². The van der Waals surface area contributed by atoms with Crippen LogP contribution in [-0.4, -0.2) is 17.8 Å². The average molecular weight is 211 g/mol. The molecule has 13 heavy (non-hydrogen) atoms. The van der Waals surface area contributed by atoms with Gasteiger partial charge in [-0.05, 0) is 11.4 Å². The second-order valence-electron chi connectivity index (χ2n) is 2.54. The number of rotatable bonds is 2. The summed E-state index contributed by atoms with van der Waals surface area (Å²) in [5, 5.41) is 10.7. The van der Waals surface area contributed by atoms with Gasteiger partial charge in [0.05, 0.1) is 0 Å². The van der Waals surface area contributed by atoms with Crippen molar-refractivity contribution >= 4 is 11.3 Å². The first-order valence-corrected chi connectivity index (χ1v) is 4.33. The van der Waals surface area contributed by atoms with E-state index in [0.29, 0.717) is 0 Å². The van der Waals surface area contributed by atoms with Gasteiger partial charge >= 0.3 is 6.18 Å². The second-order valence-corrected chi connectivity index (χ2v) is 3.49. The highest BCUT2D eigenvalue weighted by Crippen LogP contribution is 2.39. The van der Waals surface area contributed by atoms with Crippen molar-refractivity contribution < 1.29 is 18.3 Å². The number of hydrogen-bond donors (Lipinski definition) is 2. The van der Waals surface area contributed by atoms with E-state index in [-0.39, 0.29) is 4.88 Å². The molecule has 1 unspecified atom stereocenters. The maximum Gasteiger partial charge on any atom is 0.423 e. The highest BCUT2D eigenvalue weighted by Gasteiger charge is 2.54. The molecule has 1 heterocycles. The summed E-state index contributed by atoms with van der Waals surface area (Å²) in [5.74, 6) is 0. The molecule has 0 saturated heterocycles. The first-order chi connectivity index (χ1) is 5.92. The Bertz CT molecular complexity index is 272. The lowest BCUT2D eigenvalue weighted by atomic mass is 10.0. The summed E-state index contributed by atoms with van der Waals surface area (Å²) in [6.45, 7) is -0.864. The van der Waals surface area contributed by atoms with Gasteiger partial charge in [-0.15, -0.1) is 11.3 Å². The largest absolute Gasteiger partial charge is 0.423 e. The van der Waals surface area contributed by atoms with Crippen LogP contribution < -0.4 is 5.73 Å². The zero-order chi connectivity index (χ0) is 10.1. The molecule has 0 saturated carbocycles. The van der Waals surface area contributed by atoms with Crippen LogP contribution in [0.25, 0.3) is 0 Å². The van der Waals surface area contributed by atoms with Gasteiger partial charge in [-0.1, -0.05) is 6.07 Å². The number of halogens is 3. The second kappa shape index (κ2) is 3.28. The van der Waals surface area contributed by atoms with E-state index in [9.17, 15) is 18.3 Å². The molecular formula is C7H8F3NOS. The predicted octanol–water partition coefficient (Wildman–Crippen LogP) is 1.46. The molecule has 1 aromatic rings. The van der Waals surface area contributed by atoms with E-state index in [1.54, 1.807) is 0 Å². The molecule has 0 fully saturated rings. The van der Waals surface area contributed by atoms with Crippen molar-refractivity contribution in [2.75, 3.05) is 6.54 Å². The van der Waals surface area contributed by atoms with E-state index in [4.69, 9.17) is 5.73 Å². The molecule has 0 aliphatic carbocycles. The molecule has 3 N–H and O–H groups in total. The van der Waals surface area contributed by atoms with E-state index >= 15 is 0 Å². The molecule has 0 spiro atoms. The molecule has 0 bridgehead atoms. The zero-order valence-electron chi connectivity index (χ0n) is 6.51. The summed E-state index contributed by atoms with van der Waals surface area (Å²) in [4.78, 5) is -0.178. The van der Waals surface area contributed by atoms with Crippen LogP contribution in [0.15, 0.2) is 17.5 Å². The lowest BCUT2D eigenvalue weighted by molar-refractivity contribution is -0.260. The third-order valence-electron chi connectivity index (χ3n) is 1.69. The molecule has 0 aliphatic rings. The molecule has 0 amide bonds. The van der Waals surface area contributed by atoms with Crippen molar-refractivity contribution in [3.8, 4) is 0 Å². The van der Waals surface area contributed by atoms with E-state index in [1.807, 2.05) is 0 Å². The minimum Gasteiger partial charge on any atom is -0.375 e. The van der Waals surface area contributed by atoms with Gasteiger partial charge in [-0.3, -0.25) is 0 Å². The van der Waals surface area contributed by atoms with Crippen LogP contribution >= 0.6 is 11.3 Å². The number of hydrogen-bond acceptors (Lipinski definition) is 3. The monoisotopic (exact) mass is 211 g/mol. The lowest BCUT2D eigenvalue weighted by Crippen LogP contribution is -2.47. The normalized spacial score (nSPS) is 17.0. The molecule has 2 nitrogen and oxygen atoms in total. The molecule has 0 radical (unpaired) electrons. The molecule has 0 aromatic carbocycles. The third kappa shape index (κ3) is 1.70. The van der Waals surface area contributed by atoms with Gasteiger partial charge in [0.1, 0.15) is 0 Å². The van der Waals surface area contributed by atoms with Gasteiger partial charge in [0.2, 0.25) is 5.60 Å². The summed E-state index contributed by atoms with van der Waals surface area (Å²) in [6, 6.07) is 2.65. The van der Waals surface area contributed by atoms with E-state index in [0.717, 1.165) is 11.3 Å². The van der Waals surface area contributed by atoms with Crippen LogP contribution in [0.4, 0.5) is 13.2 Å². The first-order valence-electron chi connectivity index (χ1n) is 3.45. The van der Waals surface area contributed by atoms with Crippen molar-refractivity contribution in [1.82, 2.24) is 0 Å². The predicted molar refractivity (Wildman–Crippen MR) is 43.3 cm³/mol. The van der Waals surface area contributed by atoms with Crippen LogP contribution in [0.1, 0.15) is 4.88 Å². The molecule has 6 heteroatoms. The Hall–Kier alpha value is -0.590. The number of thiophene rings is 1. The van der Waals surface area contributed by atoms with Crippen molar-refractivity contribution in [2.24, 2.45) is 5.73 Å². The van der Waals surface area contributed by atoms with Gasteiger partial charge in [-0.2, -0.15) is 13.2 Å². The molecular weight excluding hydrogens is 203 g/mol. The summed E-state index contributed by atoms with van der Waals surface area (Å²) in [7, 11) is 0. The summed E-state index contributed by atoms with van der Waals surface area (Å²) >= 11 is 0.831. The third-order valence-corrected chi connectivity index (χ3v) is 2.71. The fraction of sp³-hybridized carbons (Fsp3) is 0.429. The van der Waals surface area contributed by atoms with E-state index in [1.165, 1.54) is 17.5 Å². The van der Waals surface area contributed by atoms with Crippen molar-refractivity contribution in [3.05, 3.63) is 22.4 Å². The highest BCUT2D eigenvalue weighted by atomic mass is 32.1. The van der Waals surface area contributed by atoms with Crippen molar-refractivity contribution in [3.63, 3.8) is 0 Å². The Morgan fingerprint density at radius 2 is 2.08 bits per heavy atom. The minimum atomic E-state index is -4.73. The van der Waals surface area contributed by atoms with E-state index < -0.39 is 18.3 Å². The molecule has 74 valence electrons. The average Bonchev–Trinajstić information content (AvgIpc) is 2.52. The number of aliphatic hydroxyl groups is 1. The maximum absolute atomic E-state index is 12.3. The zero-order valence-corrected chi connectivity index (χ0v) is 7.32. The van der Waals surface area contributed by atoms with Gasteiger partial charge < -0.3 is 10.8 Å². The minimum absolute atomic E-state index is 0.178. The van der Waals surface area contributed by atoms with Crippen LogP contribution in [-0.2, 0) is 5.60 Å². The van der Waals surface area contributed by atoms with Gasteiger partial charge in [0.15, 0.2) is 0 Å². The summed E-state index contributed by atoms with van der Waals surface area (Å²) in [6.07, 6.45) is -4.73. The first kappa shape index (κ1) is 10.5. The van der Waals surface area contributed by atoms with Crippen LogP contribution in [0.2, 0.25) is 0 Å². The molecule has 1 atom stereocenters. The molecule has 1 aromatic heterocycles. The van der Waals surface area contributed by atoms with Crippen LogP contribution in [0, 0.1) is 0 Å². The van der Waals surface area contributed by atoms with Crippen molar-refractivity contribution in [2.45, 2.75) is 11.8 Å². The van der Waals surface area contributed by atoms with Crippen molar-refractivity contribution in [1.29, 1.82) is 0 Å². The quantitative estimate of drug-likeness (QED) is 0.777. The lowest BCUT2D eigenvalue weighted by Gasteiger charge is -2.27. The van der Waals surface area contributed by atoms with E-state index in [2.05, 4.69) is 0 Å². The molecule has 0 aliphatic heterocycles. The Morgan fingerprint density at radius 3 is 2.38 bits per heavy atom. The van der Waals surface area contributed by atoms with Gasteiger partial charge in [-0.25, -0.2) is 0 Å². The number of alkyl halides is 3. The SMILES string of the molecule is NCC(O)(c1cccs1)C(F)(F)F. The maximum atomic E-state index is 12.3. The highest BCUT2D eigenvalue weighted by molar-refractivity contribution is 7.10. The Kier molecular flexibility index (Phi) is 2.65. The smallest absolute Gasteiger partial charge is 0.375 e. The Balaban J connectivity index is 3.09. The fourth-order valence-corrected chi connectivity index (χ4v) is 1.72. The Morgan fingerprint density at radius 1 is 1.46 bits per heavy atom. The molecule has 1 rings (SSSR count). The van der Waals surface area contributed by atoms with Crippen LogP contribution in [0.3, 0.4) is 0 Å².